The fourth-order valence-corrected chi connectivity index (χ4v) is 1.53. The average molecular weight is 301 g/mol. The number of benzene rings is 1. The van der Waals surface area contributed by atoms with Crippen molar-refractivity contribution in [3.05, 3.63) is 35.4 Å². The molecule has 2 N–H and O–H groups in total. The van der Waals surface area contributed by atoms with Crippen molar-refractivity contribution < 1.29 is 33.0 Å². The zero-order valence-corrected chi connectivity index (χ0v) is 11.1. The lowest BCUT2D eigenvalue weighted by Crippen LogP contribution is -2.41. The van der Waals surface area contributed by atoms with Gasteiger partial charge in [0.15, 0.2) is 0 Å². The van der Waals surface area contributed by atoms with Crippen molar-refractivity contribution in [3.8, 4) is 0 Å². The predicted octanol–water partition coefficient (Wildman–Crippen LogP) is 1.10. The number of carbonyl (C=O) groups is 3. The van der Waals surface area contributed by atoms with E-state index in [4.69, 9.17) is 5.11 Å². The highest BCUT2D eigenvalue weighted by Crippen LogP contribution is 2.10. The van der Waals surface area contributed by atoms with E-state index >= 15 is 0 Å². The number of amides is 1. The summed E-state index contributed by atoms with van der Waals surface area (Å²) in [6.07, 6.45) is -0.468. The van der Waals surface area contributed by atoms with Gasteiger partial charge in [-0.3, -0.25) is 9.59 Å². The van der Waals surface area contributed by atoms with E-state index in [9.17, 15) is 23.2 Å². The van der Waals surface area contributed by atoms with Crippen LogP contribution in [0.5, 0.6) is 0 Å². The highest BCUT2D eigenvalue weighted by Gasteiger charge is 2.23. The highest BCUT2D eigenvalue weighted by atomic mass is 19.1. The molecule has 0 aliphatic heterocycles. The monoisotopic (exact) mass is 301 g/mol. The quantitative estimate of drug-likeness (QED) is 0.768. The first-order valence-electron chi connectivity index (χ1n) is 5.90. The second-order valence-corrected chi connectivity index (χ2v) is 4.10. The van der Waals surface area contributed by atoms with E-state index in [0.29, 0.717) is 6.07 Å². The van der Waals surface area contributed by atoms with Gasteiger partial charge in [-0.2, -0.15) is 0 Å². The second-order valence-electron chi connectivity index (χ2n) is 4.10. The number of aliphatic carboxylic acids is 1. The van der Waals surface area contributed by atoms with Gasteiger partial charge >= 0.3 is 11.9 Å². The van der Waals surface area contributed by atoms with Crippen LogP contribution < -0.4 is 5.32 Å². The van der Waals surface area contributed by atoms with Crippen LogP contribution in [-0.4, -0.2) is 36.1 Å². The molecule has 6 nitrogen and oxygen atoms in total. The van der Waals surface area contributed by atoms with Crippen molar-refractivity contribution in [3.63, 3.8) is 0 Å². The van der Waals surface area contributed by atoms with Crippen LogP contribution >= 0.6 is 0 Å². The van der Waals surface area contributed by atoms with Crippen LogP contribution in [0.2, 0.25) is 0 Å². The number of carbonyl (C=O) groups excluding carboxylic acids is 2. The van der Waals surface area contributed by atoms with E-state index in [1.54, 1.807) is 0 Å². The number of halogens is 2. The molecule has 0 fully saturated rings. The minimum atomic E-state index is -1.42. The van der Waals surface area contributed by atoms with Gasteiger partial charge in [0, 0.05) is 6.42 Å². The Bertz CT molecular complexity index is 561. The van der Waals surface area contributed by atoms with E-state index in [-0.39, 0.29) is 12.8 Å². The molecule has 0 aromatic heterocycles. The third-order valence-electron chi connectivity index (χ3n) is 2.64. The number of ether oxygens (including phenoxy) is 1. The summed E-state index contributed by atoms with van der Waals surface area (Å²) >= 11 is 0. The van der Waals surface area contributed by atoms with Gasteiger partial charge in [-0.15, -0.1) is 0 Å². The molecule has 1 aromatic carbocycles. The number of methoxy groups -OCH3 is 1. The molecule has 0 aliphatic rings. The first kappa shape index (κ1) is 16.5. The fraction of sp³-hybridized carbons (Fsp3) is 0.308. The molecule has 21 heavy (non-hydrogen) atoms. The lowest BCUT2D eigenvalue weighted by Gasteiger charge is -2.14. The lowest BCUT2D eigenvalue weighted by molar-refractivity contribution is -0.142. The van der Waals surface area contributed by atoms with Crippen molar-refractivity contribution in [2.24, 2.45) is 0 Å². The van der Waals surface area contributed by atoms with Gasteiger partial charge in [0.2, 0.25) is 0 Å². The summed E-state index contributed by atoms with van der Waals surface area (Å²) in [6, 6.07) is 0.829. The Morgan fingerprint density at radius 3 is 2.57 bits per heavy atom. The third-order valence-corrected chi connectivity index (χ3v) is 2.64. The van der Waals surface area contributed by atoms with Crippen molar-refractivity contribution in [2.75, 3.05) is 7.11 Å². The zero-order valence-electron chi connectivity index (χ0n) is 11.1. The average Bonchev–Trinajstić information content (AvgIpc) is 2.44. The Morgan fingerprint density at radius 2 is 2.00 bits per heavy atom. The molecule has 0 heterocycles. The highest BCUT2D eigenvalue weighted by molar-refractivity contribution is 5.96. The molecule has 8 heteroatoms. The Kier molecular flexibility index (Phi) is 5.77. The summed E-state index contributed by atoms with van der Waals surface area (Å²) in [4.78, 5) is 33.7. The largest absolute Gasteiger partial charge is 0.480 e. The minimum Gasteiger partial charge on any atom is -0.480 e. The van der Waals surface area contributed by atoms with Gasteiger partial charge in [-0.05, 0) is 24.6 Å². The van der Waals surface area contributed by atoms with E-state index in [0.717, 1.165) is 19.2 Å². The first-order valence-corrected chi connectivity index (χ1v) is 5.90. The summed E-state index contributed by atoms with van der Waals surface area (Å²) in [5.74, 6) is -4.94. The summed E-state index contributed by atoms with van der Waals surface area (Å²) < 4.78 is 30.7. The third kappa shape index (κ3) is 4.83. The van der Waals surface area contributed by atoms with E-state index in [1.165, 1.54) is 0 Å². The van der Waals surface area contributed by atoms with Crippen LogP contribution in [0.4, 0.5) is 8.78 Å². The molecule has 114 valence electrons. The Labute approximate surface area is 118 Å². The molecule has 1 atom stereocenters. The molecule has 1 unspecified atom stereocenters. The summed E-state index contributed by atoms with van der Waals surface area (Å²) in [7, 11) is 1.14. The predicted molar refractivity (Wildman–Crippen MR) is 66.5 cm³/mol. The van der Waals surface area contributed by atoms with Crippen molar-refractivity contribution in [2.45, 2.75) is 18.9 Å². The summed E-state index contributed by atoms with van der Waals surface area (Å²) in [5, 5.41) is 11.0. The number of hydrogen-bond acceptors (Lipinski definition) is 4. The number of rotatable bonds is 6. The van der Waals surface area contributed by atoms with Crippen LogP contribution in [0, 0.1) is 11.6 Å². The number of hydrogen-bond donors (Lipinski definition) is 2. The molecule has 0 spiro atoms. The molecule has 1 amide bonds. The van der Waals surface area contributed by atoms with Crippen LogP contribution in [0.3, 0.4) is 0 Å². The molecule has 0 bridgehead atoms. The van der Waals surface area contributed by atoms with Gasteiger partial charge < -0.3 is 15.2 Å². The van der Waals surface area contributed by atoms with Gasteiger partial charge in [0.05, 0.1) is 12.7 Å². The normalized spacial score (nSPS) is 11.6. The van der Waals surface area contributed by atoms with Crippen molar-refractivity contribution in [1.29, 1.82) is 0 Å². The van der Waals surface area contributed by atoms with Crippen LogP contribution in [0.15, 0.2) is 18.2 Å². The maximum absolute atomic E-state index is 13.4. The van der Waals surface area contributed by atoms with Gasteiger partial charge in [-0.25, -0.2) is 13.6 Å². The summed E-state index contributed by atoms with van der Waals surface area (Å²) in [5.41, 5.74) is -0.612. The first-order chi connectivity index (χ1) is 9.85. The molecule has 0 radical (unpaired) electrons. The molecular formula is C13H13F2NO5. The second kappa shape index (κ2) is 7.32. The van der Waals surface area contributed by atoms with Crippen LogP contribution in [-0.2, 0) is 14.3 Å². The Hall–Kier alpha value is -2.51. The standard InChI is InChI=1S/C13H13F2NO5/c1-21-11(17)5-4-10(13(19)20)16-12(18)8-6-7(14)2-3-9(8)15/h2-3,6,10H,4-5H2,1H3,(H,16,18)(H,19,20). The smallest absolute Gasteiger partial charge is 0.326 e. The molecule has 0 aliphatic carbocycles. The molecule has 1 rings (SSSR count). The van der Waals surface area contributed by atoms with Crippen LogP contribution in [0.1, 0.15) is 23.2 Å². The molecule has 0 saturated heterocycles. The van der Waals surface area contributed by atoms with E-state index < -0.39 is 41.1 Å². The zero-order chi connectivity index (χ0) is 16.0. The lowest BCUT2D eigenvalue weighted by atomic mass is 10.1. The maximum atomic E-state index is 13.4. The molecule has 0 saturated carbocycles. The topological polar surface area (TPSA) is 92.7 Å². The maximum Gasteiger partial charge on any atom is 0.326 e. The van der Waals surface area contributed by atoms with Gasteiger partial charge in [0.1, 0.15) is 17.7 Å². The molecular weight excluding hydrogens is 288 g/mol. The SMILES string of the molecule is COC(=O)CCC(NC(=O)c1cc(F)ccc1F)C(=O)O. The van der Waals surface area contributed by atoms with E-state index in [2.05, 4.69) is 4.74 Å². The van der Waals surface area contributed by atoms with E-state index in [1.807, 2.05) is 5.32 Å². The number of carboxylic acids is 1. The van der Waals surface area contributed by atoms with Crippen molar-refractivity contribution in [1.82, 2.24) is 5.32 Å². The summed E-state index contributed by atoms with van der Waals surface area (Å²) in [6.45, 7) is 0. The molecule has 1 aromatic rings. The van der Waals surface area contributed by atoms with Crippen LogP contribution in [0.25, 0.3) is 0 Å². The fourth-order valence-electron chi connectivity index (χ4n) is 1.53. The van der Waals surface area contributed by atoms with Gasteiger partial charge in [0.25, 0.3) is 5.91 Å². The number of nitrogens with one attached hydrogen (secondary N) is 1. The van der Waals surface area contributed by atoms with Crippen molar-refractivity contribution >= 4 is 17.8 Å². The number of esters is 1. The minimum absolute atomic E-state index is 0.231. The Balaban J connectivity index is 2.79. The Morgan fingerprint density at radius 1 is 1.33 bits per heavy atom. The number of carboxylic acid groups (broad SMARTS) is 1. The van der Waals surface area contributed by atoms with Gasteiger partial charge in [-0.1, -0.05) is 0 Å².